The van der Waals surface area contributed by atoms with Crippen molar-refractivity contribution in [2.75, 3.05) is 26.2 Å². The van der Waals surface area contributed by atoms with E-state index in [1.807, 2.05) is 31.2 Å². The van der Waals surface area contributed by atoms with Crippen molar-refractivity contribution < 1.29 is 8.42 Å². The summed E-state index contributed by atoms with van der Waals surface area (Å²) in [4.78, 5) is 2.47. The van der Waals surface area contributed by atoms with Gasteiger partial charge in [0.2, 0.25) is 10.0 Å². The molecule has 1 N–H and O–H groups in total. The average Bonchev–Trinajstić information content (AvgIpc) is 2.45. The molecule has 0 radical (unpaired) electrons. The molecule has 1 aliphatic rings. The van der Waals surface area contributed by atoms with Crippen LogP contribution in [0.25, 0.3) is 0 Å². The smallest absolute Gasteiger partial charge is 0.215 e. The van der Waals surface area contributed by atoms with Crippen molar-refractivity contribution in [1.82, 2.24) is 9.62 Å². The van der Waals surface area contributed by atoms with Crippen LogP contribution in [-0.4, -0.2) is 39.5 Å². The lowest BCUT2D eigenvalue weighted by molar-refractivity contribution is 0.140. The molecule has 0 aromatic heterocycles. The molecule has 1 saturated heterocycles. The topological polar surface area (TPSA) is 49.4 Å². The SMILES string of the molecule is Cc1ccccc1CS(=O)(=O)NCCCN1C[C@H](C)C[C@@H](C)C1. The van der Waals surface area contributed by atoms with Gasteiger partial charge in [-0.2, -0.15) is 0 Å². The minimum atomic E-state index is -3.25. The minimum absolute atomic E-state index is 0.0669. The Kier molecular flexibility index (Phi) is 6.62. The third kappa shape index (κ3) is 6.24. The standard InChI is InChI=1S/C18H30N2O2S/c1-15-11-16(2)13-20(12-15)10-6-9-19-23(21,22)14-18-8-5-4-7-17(18)3/h4-5,7-8,15-16,19H,6,9-14H2,1-3H3/t15-,16-/m1/s1. The summed E-state index contributed by atoms with van der Waals surface area (Å²) in [5, 5.41) is 0. The molecule has 1 fully saturated rings. The van der Waals surface area contributed by atoms with Gasteiger partial charge in [-0.05, 0) is 49.3 Å². The fourth-order valence-electron chi connectivity index (χ4n) is 3.53. The molecule has 0 aliphatic carbocycles. The molecule has 0 saturated carbocycles. The Morgan fingerprint density at radius 3 is 2.48 bits per heavy atom. The maximum atomic E-state index is 12.2. The summed E-state index contributed by atoms with van der Waals surface area (Å²) in [7, 11) is -3.25. The second kappa shape index (κ2) is 8.27. The lowest BCUT2D eigenvalue weighted by atomic mass is 9.92. The van der Waals surface area contributed by atoms with Gasteiger partial charge in [0.05, 0.1) is 5.75 Å². The van der Waals surface area contributed by atoms with Crippen LogP contribution in [0.5, 0.6) is 0 Å². The number of nitrogens with one attached hydrogen (secondary N) is 1. The number of hydrogen-bond donors (Lipinski definition) is 1. The summed E-state index contributed by atoms with van der Waals surface area (Å²) >= 11 is 0. The molecule has 1 aromatic carbocycles. The lowest BCUT2D eigenvalue weighted by Crippen LogP contribution is -2.40. The van der Waals surface area contributed by atoms with Crippen LogP contribution in [0.3, 0.4) is 0 Å². The Hall–Kier alpha value is -0.910. The minimum Gasteiger partial charge on any atom is -0.303 e. The summed E-state index contributed by atoms with van der Waals surface area (Å²) in [5.74, 6) is 1.56. The molecule has 0 unspecified atom stereocenters. The van der Waals surface area contributed by atoms with E-state index in [1.165, 1.54) is 6.42 Å². The van der Waals surface area contributed by atoms with Crippen molar-refractivity contribution in [2.45, 2.75) is 39.4 Å². The Morgan fingerprint density at radius 1 is 1.17 bits per heavy atom. The molecule has 2 atom stereocenters. The van der Waals surface area contributed by atoms with Gasteiger partial charge in [-0.1, -0.05) is 38.1 Å². The van der Waals surface area contributed by atoms with Crippen LogP contribution in [0, 0.1) is 18.8 Å². The van der Waals surface area contributed by atoms with Crippen molar-refractivity contribution in [3.63, 3.8) is 0 Å². The number of aryl methyl sites for hydroxylation is 1. The highest BCUT2D eigenvalue weighted by molar-refractivity contribution is 7.88. The van der Waals surface area contributed by atoms with Gasteiger partial charge >= 0.3 is 0 Å². The van der Waals surface area contributed by atoms with E-state index < -0.39 is 10.0 Å². The van der Waals surface area contributed by atoms with Gasteiger partial charge in [-0.15, -0.1) is 0 Å². The third-order valence-corrected chi connectivity index (χ3v) is 5.86. The predicted molar refractivity (Wildman–Crippen MR) is 95.8 cm³/mol. The van der Waals surface area contributed by atoms with Crippen molar-refractivity contribution in [1.29, 1.82) is 0 Å². The summed E-state index contributed by atoms with van der Waals surface area (Å²) in [6.45, 7) is 10.3. The number of piperidine rings is 1. The van der Waals surface area contributed by atoms with Crippen molar-refractivity contribution in [3.05, 3.63) is 35.4 Å². The first-order valence-corrected chi connectivity index (χ1v) is 10.2. The Morgan fingerprint density at radius 2 is 1.83 bits per heavy atom. The van der Waals surface area contributed by atoms with E-state index >= 15 is 0 Å². The van der Waals surface area contributed by atoms with Crippen LogP contribution < -0.4 is 4.72 Å². The van der Waals surface area contributed by atoms with E-state index in [-0.39, 0.29) is 5.75 Å². The molecule has 1 heterocycles. The number of benzene rings is 1. The van der Waals surface area contributed by atoms with E-state index in [0.29, 0.717) is 6.54 Å². The Labute approximate surface area is 141 Å². The van der Waals surface area contributed by atoms with Gasteiger partial charge in [-0.3, -0.25) is 0 Å². The highest BCUT2D eigenvalue weighted by atomic mass is 32.2. The van der Waals surface area contributed by atoms with Gasteiger partial charge in [-0.25, -0.2) is 13.1 Å². The molecule has 23 heavy (non-hydrogen) atoms. The highest BCUT2D eigenvalue weighted by Gasteiger charge is 2.21. The summed E-state index contributed by atoms with van der Waals surface area (Å²) in [5.41, 5.74) is 1.90. The lowest BCUT2D eigenvalue weighted by Gasteiger charge is -2.34. The number of sulfonamides is 1. The highest BCUT2D eigenvalue weighted by Crippen LogP contribution is 2.20. The number of rotatable bonds is 7. The summed E-state index contributed by atoms with van der Waals surface area (Å²) in [6.07, 6.45) is 2.17. The van der Waals surface area contributed by atoms with Crippen LogP contribution in [0.2, 0.25) is 0 Å². The maximum absolute atomic E-state index is 12.2. The number of hydrogen-bond acceptors (Lipinski definition) is 3. The van der Waals surface area contributed by atoms with Crippen LogP contribution in [0.1, 0.15) is 37.8 Å². The van der Waals surface area contributed by atoms with E-state index in [2.05, 4.69) is 23.5 Å². The molecule has 0 bridgehead atoms. The zero-order valence-electron chi connectivity index (χ0n) is 14.6. The van der Waals surface area contributed by atoms with Crippen LogP contribution in [0.15, 0.2) is 24.3 Å². The van der Waals surface area contributed by atoms with Crippen molar-refractivity contribution in [2.24, 2.45) is 11.8 Å². The molecular formula is C18H30N2O2S. The zero-order valence-corrected chi connectivity index (χ0v) is 15.4. The molecule has 1 aliphatic heterocycles. The molecule has 4 nitrogen and oxygen atoms in total. The fraction of sp³-hybridized carbons (Fsp3) is 0.667. The van der Waals surface area contributed by atoms with Gasteiger partial charge in [0.1, 0.15) is 0 Å². The quantitative estimate of drug-likeness (QED) is 0.778. The summed E-state index contributed by atoms with van der Waals surface area (Å²) in [6, 6.07) is 7.64. The third-order valence-electron chi connectivity index (χ3n) is 4.52. The fourth-order valence-corrected chi connectivity index (χ4v) is 4.82. The molecule has 2 rings (SSSR count). The molecule has 0 spiro atoms. The molecular weight excluding hydrogens is 308 g/mol. The van der Waals surface area contributed by atoms with Gasteiger partial charge < -0.3 is 4.90 Å². The first-order chi connectivity index (χ1) is 10.9. The van der Waals surface area contributed by atoms with Crippen LogP contribution in [-0.2, 0) is 15.8 Å². The normalized spacial score (nSPS) is 23.1. The number of nitrogens with zero attached hydrogens (tertiary/aromatic N) is 1. The van der Waals surface area contributed by atoms with E-state index in [4.69, 9.17) is 0 Å². The van der Waals surface area contributed by atoms with Crippen LogP contribution >= 0.6 is 0 Å². The van der Waals surface area contributed by atoms with Gasteiger partial charge in [0.15, 0.2) is 0 Å². The van der Waals surface area contributed by atoms with E-state index in [0.717, 1.165) is 49.0 Å². The van der Waals surface area contributed by atoms with Crippen molar-refractivity contribution >= 4 is 10.0 Å². The number of likely N-dealkylation sites (tertiary alicyclic amines) is 1. The zero-order chi connectivity index (χ0) is 16.9. The van der Waals surface area contributed by atoms with Crippen LogP contribution in [0.4, 0.5) is 0 Å². The van der Waals surface area contributed by atoms with Gasteiger partial charge in [0.25, 0.3) is 0 Å². The second-order valence-corrected chi connectivity index (χ2v) is 8.95. The monoisotopic (exact) mass is 338 g/mol. The first-order valence-electron chi connectivity index (χ1n) is 8.60. The predicted octanol–water partition coefficient (Wildman–Crippen LogP) is 2.78. The first kappa shape index (κ1) is 18.4. The molecule has 130 valence electrons. The van der Waals surface area contributed by atoms with Gasteiger partial charge in [0, 0.05) is 19.6 Å². The largest absolute Gasteiger partial charge is 0.303 e. The Bertz CT molecular complexity index is 591. The van der Waals surface area contributed by atoms with E-state index in [9.17, 15) is 8.42 Å². The summed E-state index contributed by atoms with van der Waals surface area (Å²) < 4.78 is 27.1. The second-order valence-electron chi connectivity index (χ2n) is 7.14. The Balaban J connectivity index is 1.74. The molecule has 0 amide bonds. The maximum Gasteiger partial charge on any atom is 0.215 e. The molecule has 1 aromatic rings. The average molecular weight is 339 g/mol. The molecule has 5 heteroatoms. The van der Waals surface area contributed by atoms with Crippen molar-refractivity contribution in [3.8, 4) is 0 Å². The van der Waals surface area contributed by atoms with E-state index in [1.54, 1.807) is 0 Å².